The molecule has 0 aliphatic rings. The number of aliphatic hydroxyl groups is 1. The highest BCUT2D eigenvalue weighted by atomic mass is 19.1. The SMILES string of the molecule is CCOC(=O)C(=O)C=C(O)c1cn(Cc2c(F)cccc2F)c2cccc(OC)c12. The molecule has 0 saturated carbocycles. The molecule has 0 unspecified atom stereocenters. The zero-order valence-corrected chi connectivity index (χ0v) is 16.3. The summed E-state index contributed by atoms with van der Waals surface area (Å²) >= 11 is 0. The van der Waals surface area contributed by atoms with E-state index in [2.05, 4.69) is 4.74 Å². The van der Waals surface area contributed by atoms with Crippen molar-refractivity contribution in [2.45, 2.75) is 13.5 Å². The van der Waals surface area contributed by atoms with Crippen LogP contribution in [-0.2, 0) is 20.9 Å². The Morgan fingerprint density at radius 1 is 1.13 bits per heavy atom. The Kier molecular flexibility index (Phi) is 6.15. The molecule has 0 aliphatic heterocycles. The molecule has 0 fully saturated rings. The number of esters is 1. The Hall–Kier alpha value is -3.68. The smallest absolute Gasteiger partial charge is 0.379 e. The van der Waals surface area contributed by atoms with Crippen molar-refractivity contribution in [3.8, 4) is 5.75 Å². The van der Waals surface area contributed by atoms with Gasteiger partial charge < -0.3 is 19.1 Å². The van der Waals surface area contributed by atoms with Crippen LogP contribution in [0.2, 0.25) is 0 Å². The summed E-state index contributed by atoms with van der Waals surface area (Å²) < 4.78 is 39.8. The maximum atomic E-state index is 14.1. The van der Waals surface area contributed by atoms with E-state index in [4.69, 9.17) is 4.74 Å². The first kappa shape index (κ1) is 21.0. The van der Waals surface area contributed by atoms with E-state index in [1.165, 1.54) is 23.9 Å². The Bertz CT molecular complexity index is 1130. The van der Waals surface area contributed by atoms with E-state index < -0.39 is 29.1 Å². The number of benzene rings is 2. The molecule has 0 amide bonds. The highest BCUT2D eigenvalue weighted by molar-refractivity contribution is 6.39. The van der Waals surface area contributed by atoms with E-state index in [0.29, 0.717) is 16.7 Å². The minimum absolute atomic E-state index is 0.0144. The van der Waals surface area contributed by atoms with Gasteiger partial charge in [0.1, 0.15) is 23.1 Å². The number of methoxy groups -OCH3 is 1. The van der Waals surface area contributed by atoms with Gasteiger partial charge in [0.25, 0.3) is 5.78 Å². The number of carbonyl (C=O) groups is 2. The van der Waals surface area contributed by atoms with Crippen LogP contribution >= 0.6 is 0 Å². The Morgan fingerprint density at radius 2 is 1.80 bits per heavy atom. The number of nitrogens with zero attached hydrogens (tertiary/aromatic N) is 1. The number of aliphatic hydroxyl groups excluding tert-OH is 1. The predicted octanol–water partition coefficient (Wildman–Crippen LogP) is 4.01. The second-order valence-corrected chi connectivity index (χ2v) is 6.34. The highest BCUT2D eigenvalue weighted by Gasteiger charge is 2.20. The zero-order valence-electron chi connectivity index (χ0n) is 16.3. The van der Waals surface area contributed by atoms with Gasteiger partial charge in [-0.15, -0.1) is 0 Å². The number of hydrogen-bond acceptors (Lipinski definition) is 5. The molecule has 30 heavy (non-hydrogen) atoms. The van der Waals surface area contributed by atoms with Gasteiger partial charge in [-0.05, 0) is 31.2 Å². The molecular weight excluding hydrogens is 396 g/mol. The van der Waals surface area contributed by atoms with Crippen molar-refractivity contribution in [1.29, 1.82) is 0 Å². The minimum atomic E-state index is -1.10. The number of hydrogen-bond donors (Lipinski definition) is 1. The molecule has 0 spiro atoms. The average Bonchev–Trinajstić information content (AvgIpc) is 3.09. The molecule has 0 saturated heterocycles. The molecule has 0 radical (unpaired) electrons. The Labute approximate surface area is 170 Å². The van der Waals surface area contributed by atoms with Gasteiger partial charge in [0.05, 0.1) is 31.2 Å². The van der Waals surface area contributed by atoms with Crippen molar-refractivity contribution in [3.63, 3.8) is 0 Å². The molecule has 0 aliphatic carbocycles. The van der Waals surface area contributed by atoms with Crippen molar-refractivity contribution >= 4 is 28.4 Å². The summed E-state index contributed by atoms with van der Waals surface area (Å²) in [5, 5.41) is 10.9. The first-order valence-electron chi connectivity index (χ1n) is 9.08. The maximum Gasteiger partial charge on any atom is 0.379 e. The van der Waals surface area contributed by atoms with Crippen LogP contribution in [0, 0.1) is 11.6 Å². The van der Waals surface area contributed by atoms with Gasteiger partial charge in [-0.1, -0.05) is 12.1 Å². The number of ether oxygens (including phenoxy) is 2. The van der Waals surface area contributed by atoms with Crippen LogP contribution in [0.4, 0.5) is 8.78 Å². The molecule has 0 atom stereocenters. The number of halogens is 2. The molecular formula is C22H19F2NO5. The van der Waals surface area contributed by atoms with Gasteiger partial charge in [-0.2, -0.15) is 0 Å². The maximum absolute atomic E-state index is 14.1. The second kappa shape index (κ2) is 8.77. The summed E-state index contributed by atoms with van der Waals surface area (Å²) in [6.45, 7) is 1.40. The largest absolute Gasteiger partial charge is 0.507 e. The first-order valence-corrected chi connectivity index (χ1v) is 9.08. The minimum Gasteiger partial charge on any atom is -0.507 e. The first-order chi connectivity index (χ1) is 14.4. The lowest BCUT2D eigenvalue weighted by atomic mass is 10.1. The lowest BCUT2D eigenvalue weighted by molar-refractivity contribution is -0.151. The molecule has 1 heterocycles. The average molecular weight is 415 g/mol. The normalized spacial score (nSPS) is 11.5. The summed E-state index contributed by atoms with van der Waals surface area (Å²) in [5.74, 6) is -3.69. The number of carbonyl (C=O) groups excluding carboxylic acids is 2. The summed E-state index contributed by atoms with van der Waals surface area (Å²) in [7, 11) is 1.43. The monoisotopic (exact) mass is 415 g/mol. The summed E-state index contributed by atoms with van der Waals surface area (Å²) in [6.07, 6.45) is 2.18. The van der Waals surface area contributed by atoms with Crippen LogP contribution in [0.1, 0.15) is 18.1 Å². The van der Waals surface area contributed by atoms with Gasteiger partial charge in [0.15, 0.2) is 0 Å². The van der Waals surface area contributed by atoms with Crippen LogP contribution in [-0.4, -0.2) is 35.1 Å². The molecule has 156 valence electrons. The van der Waals surface area contributed by atoms with Gasteiger partial charge >= 0.3 is 5.97 Å². The quantitative estimate of drug-likeness (QED) is 0.273. The molecule has 1 aromatic heterocycles. The van der Waals surface area contributed by atoms with E-state index in [1.54, 1.807) is 25.1 Å². The zero-order chi connectivity index (χ0) is 21.8. The van der Waals surface area contributed by atoms with E-state index >= 15 is 0 Å². The Morgan fingerprint density at radius 3 is 2.43 bits per heavy atom. The Balaban J connectivity index is 2.13. The fourth-order valence-electron chi connectivity index (χ4n) is 3.13. The van der Waals surface area contributed by atoms with Crippen LogP contribution in [0.15, 0.2) is 48.7 Å². The number of fused-ring (bicyclic) bond motifs is 1. The fourth-order valence-corrected chi connectivity index (χ4v) is 3.13. The van der Waals surface area contributed by atoms with Gasteiger partial charge in [-0.3, -0.25) is 4.79 Å². The highest BCUT2D eigenvalue weighted by Crippen LogP contribution is 2.34. The van der Waals surface area contributed by atoms with E-state index in [9.17, 15) is 23.5 Å². The summed E-state index contributed by atoms with van der Waals surface area (Å²) in [4.78, 5) is 23.5. The van der Waals surface area contributed by atoms with Crippen LogP contribution < -0.4 is 4.74 Å². The predicted molar refractivity (Wildman–Crippen MR) is 106 cm³/mol. The molecule has 8 heteroatoms. The van der Waals surface area contributed by atoms with Crippen molar-refractivity contribution in [2.75, 3.05) is 13.7 Å². The van der Waals surface area contributed by atoms with Crippen molar-refractivity contribution < 1.29 is 33.0 Å². The molecule has 6 nitrogen and oxygen atoms in total. The lowest BCUT2D eigenvalue weighted by Gasteiger charge is -2.08. The second-order valence-electron chi connectivity index (χ2n) is 6.34. The number of ketones is 1. The number of aromatic nitrogens is 1. The third kappa shape index (κ3) is 4.03. The van der Waals surface area contributed by atoms with Crippen molar-refractivity contribution in [3.05, 3.63) is 71.4 Å². The van der Waals surface area contributed by atoms with Crippen molar-refractivity contribution in [1.82, 2.24) is 4.57 Å². The van der Waals surface area contributed by atoms with Crippen LogP contribution in [0.5, 0.6) is 5.75 Å². The molecule has 3 aromatic rings. The van der Waals surface area contributed by atoms with E-state index in [1.807, 2.05) is 0 Å². The third-order valence-electron chi connectivity index (χ3n) is 4.50. The standard InChI is InChI=1S/C22H19F2NO5/c1-3-30-22(28)19(27)10-18(26)14-12-25(11-13-15(23)6-4-7-16(13)24)17-8-5-9-20(29-2)21(14)17/h4-10,12,26H,3,11H2,1-2H3. The van der Waals surface area contributed by atoms with Gasteiger partial charge in [0.2, 0.25) is 0 Å². The molecule has 0 bridgehead atoms. The lowest BCUT2D eigenvalue weighted by Crippen LogP contribution is -2.15. The van der Waals surface area contributed by atoms with E-state index in [0.717, 1.165) is 18.2 Å². The summed E-state index contributed by atoms with van der Waals surface area (Å²) in [5.41, 5.74) is 0.516. The van der Waals surface area contributed by atoms with E-state index in [-0.39, 0.29) is 24.3 Å². The number of rotatable bonds is 7. The fraction of sp³-hybridized carbons (Fsp3) is 0.182. The van der Waals surface area contributed by atoms with Gasteiger partial charge in [-0.25, -0.2) is 13.6 Å². The molecule has 3 rings (SSSR count). The topological polar surface area (TPSA) is 77.8 Å². The third-order valence-corrected chi connectivity index (χ3v) is 4.50. The molecule has 2 aromatic carbocycles. The van der Waals surface area contributed by atoms with Gasteiger partial charge in [0, 0.05) is 23.4 Å². The van der Waals surface area contributed by atoms with Crippen LogP contribution in [0.3, 0.4) is 0 Å². The van der Waals surface area contributed by atoms with Crippen molar-refractivity contribution in [2.24, 2.45) is 0 Å². The molecule has 1 N–H and O–H groups in total. The van der Waals surface area contributed by atoms with Crippen LogP contribution in [0.25, 0.3) is 16.7 Å². The summed E-state index contributed by atoms with van der Waals surface area (Å²) in [6, 6.07) is 8.58.